The Labute approximate surface area is 133 Å². The van der Waals surface area contributed by atoms with Gasteiger partial charge in [0.25, 0.3) is 0 Å². The number of ketones is 1. The third-order valence-corrected chi connectivity index (χ3v) is 3.21. The smallest absolute Gasteiger partial charge is 0.328 e. The van der Waals surface area contributed by atoms with Gasteiger partial charge in [-0.05, 0) is 24.1 Å². The predicted octanol–water partition coefficient (Wildman–Crippen LogP) is 1.92. The number of esters is 1. The Balaban J connectivity index is 2.68. The standard InChI is InChI=1S/C16H19F2NO4/c1-3-13(20)4-5-14(16(22)23-2)19-15(21)8-10-6-11(17)9-12(18)7-10/h6-7,9,14H,3-5,8H2,1-2H3,(H,19,21)/t14-/m1/s1. The monoisotopic (exact) mass is 327 g/mol. The van der Waals surface area contributed by atoms with E-state index < -0.39 is 29.6 Å². The van der Waals surface area contributed by atoms with Crippen molar-refractivity contribution < 1.29 is 27.9 Å². The topological polar surface area (TPSA) is 72.5 Å². The maximum absolute atomic E-state index is 13.1. The number of ether oxygens (including phenoxy) is 1. The molecule has 126 valence electrons. The summed E-state index contributed by atoms with van der Waals surface area (Å²) in [6, 6.07) is 1.81. The molecule has 1 N–H and O–H groups in total. The molecule has 0 radical (unpaired) electrons. The second kappa shape index (κ2) is 8.97. The molecule has 0 fully saturated rings. The van der Waals surface area contributed by atoms with E-state index in [4.69, 9.17) is 0 Å². The van der Waals surface area contributed by atoms with Crippen LogP contribution in [0.1, 0.15) is 31.7 Å². The van der Waals surface area contributed by atoms with Gasteiger partial charge in [-0.25, -0.2) is 13.6 Å². The van der Waals surface area contributed by atoms with E-state index in [1.807, 2.05) is 0 Å². The number of hydrogen-bond donors (Lipinski definition) is 1. The number of Topliss-reactive ketones (excluding diaryl/α,β-unsaturated/α-hetero) is 1. The zero-order valence-electron chi connectivity index (χ0n) is 13.0. The Hall–Kier alpha value is -2.31. The van der Waals surface area contributed by atoms with Crippen LogP contribution < -0.4 is 5.32 Å². The molecule has 1 atom stereocenters. The van der Waals surface area contributed by atoms with Crippen molar-refractivity contribution in [3.05, 3.63) is 35.4 Å². The number of benzene rings is 1. The summed E-state index contributed by atoms with van der Waals surface area (Å²) in [5, 5.41) is 2.42. The van der Waals surface area contributed by atoms with Gasteiger partial charge in [-0.2, -0.15) is 0 Å². The van der Waals surface area contributed by atoms with Crippen molar-refractivity contribution in [3.8, 4) is 0 Å². The first-order chi connectivity index (χ1) is 10.8. The van der Waals surface area contributed by atoms with Gasteiger partial charge >= 0.3 is 5.97 Å². The van der Waals surface area contributed by atoms with Crippen LogP contribution in [0.25, 0.3) is 0 Å². The van der Waals surface area contributed by atoms with Crippen LogP contribution in [0, 0.1) is 11.6 Å². The van der Waals surface area contributed by atoms with E-state index in [-0.39, 0.29) is 30.6 Å². The first-order valence-electron chi connectivity index (χ1n) is 7.19. The molecule has 1 aromatic rings. The van der Waals surface area contributed by atoms with E-state index in [1.165, 1.54) is 7.11 Å². The molecule has 7 heteroatoms. The van der Waals surface area contributed by atoms with E-state index >= 15 is 0 Å². The van der Waals surface area contributed by atoms with E-state index in [0.717, 1.165) is 12.1 Å². The number of nitrogens with one attached hydrogen (secondary N) is 1. The van der Waals surface area contributed by atoms with Gasteiger partial charge in [0.2, 0.25) is 5.91 Å². The number of amides is 1. The number of carbonyl (C=O) groups is 3. The minimum atomic E-state index is -0.971. The summed E-state index contributed by atoms with van der Waals surface area (Å²) in [5.41, 5.74) is 0.147. The number of carbonyl (C=O) groups excluding carboxylic acids is 3. The maximum Gasteiger partial charge on any atom is 0.328 e. The van der Waals surface area contributed by atoms with Crippen LogP contribution in [-0.4, -0.2) is 30.8 Å². The molecular weight excluding hydrogens is 308 g/mol. The second-order valence-corrected chi connectivity index (χ2v) is 5.03. The molecule has 0 spiro atoms. The number of hydrogen-bond acceptors (Lipinski definition) is 4. The van der Waals surface area contributed by atoms with Crippen LogP contribution in [0.4, 0.5) is 8.78 Å². The molecule has 5 nitrogen and oxygen atoms in total. The number of rotatable bonds is 8. The summed E-state index contributed by atoms with van der Waals surface area (Å²) in [6.07, 6.45) is 0.294. The van der Waals surface area contributed by atoms with Gasteiger partial charge in [-0.15, -0.1) is 0 Å². The van der Waals surface area contributed by atoms with Gasteiger partial charge in [0.1, 0.15) is 23.5 Å². The highest BCUT2D eigenvalue weighted by molar-refractivity contribution is 5.86. The van der Waals surface area contributed by atoms with Gasteiger partial charge in [0.05, 0.1) is 13.5 Å². The fraction of sp³-hybridized carbons (Fsp3) is 0.438. The van der Waals surface area contributed by atoms with Crippen molar-refractivity contribution >= 4 is 17.7 Å². The molecule has 0 aliphatic heterocycles. The Morgan fingerprint density at radius 3 is 2.30 bits per heavy atom. The van der Waals surface area contributed by atoms with Crippen molar-refractivity contribution in [2.75, 3.05) is 7.11 Å². The minimum Gasteiger partial charge on any atom is -0.467 e. The van der Waals surface area contributed by atoms with Crippen molar-refractivity contribution in [1.29, 1.82) is 0 Å². The van der Waals surface area contributed by atoms with Crippen molar-refractivity contribution in [1.82, 2.24) is 5.32 Å². The van der Waals surface area contributed by atoms with Crippen LogP contribution in [0.5, 0.6) is 0 Å². The summed E-state index contributed by atoms with van der Waals surface area (Å²) < 4.78 is 30.8. The summed E-state index contributed by atoms with van der Waals surface area (Å²) in [7, 11) is 1.17. The lowest BCUT2D eigenvalue weighted by atomic mass is 10.1. The Morgan fingerprint density at radius 2 is 1.78 bits per heavy atom. The van der Waals surface area contributed by atoms with Gasteiger partial charge in [0, 0.05) is 18.9 Å². The molecule has 0 aliphatic rings. The van der Waals surface area contributed by atoms with E-state index in [2.05, 4.69) is 10.1 Å². The molecule has 23 heavy (non-hydrogen) atoms. The molecule has 0 unspecified atom stereocenters. The van der Waals surface area contributed by atoms with Gasteiger partial charge in [-0.1, -0.05) is 6.92 Å². The zero-order chi connectivity index (χ0) is 17.4. The average molecular weight is 327 g/mol. The lowest BCUT2D eigenvalue weighted by Gasteiger charge is -2.16. The SMILES string of the molecule is CCC(=O)CC[C@@H](NC(=O)Cc1cc(F)cc(F)c1)C(=O)OC. The zero-order valence-corrected chi connectivity index (χ0v) is 13.0. The summed E-state index contributed by atoms with van der Waals surface area (Å²) >= 11 is 0. The van der Waals surface area contributed by atoms with Gasteiger partial charge < -0.3 is 10.1 Å². The first-order valence-corrected chi connectivity index (χ1v) is 7.19. The molecule has 0 heterocycles. The van der Waals surface area contributed by atoms with E-state index in [1.54, 1.807) is 6.92 Å². The van der Waals surface area contributed by atoms with Crippen LogP contribution >= 0.6 is 0 Å². The van der Waals surface area contributed by atoms with Gasteiger partial charge in [0.15, 0.2) is 0 Å². The third kappa shape index (κ3) is 6.54. The summed E-state index contributed by atoms with van der Waals surface area (Å²) in [6.45, 7) is 1.70. The van der Waals surface area contributed by atoms with Crippen LogP contribution in [0.2, 0.25) is 0 Å². The third-order valence-electron chi connectivity index (χ3n) is 3.21. The van der Waals surface area contributed by atoms with E-state index in [9.17, 15) is 23.2 Å². The molecule has 1 amide bonds. The largest absolute Gasteiger partial charge is 0.467 e. The summed E-state index contributed by atoms with van der Waals surface area (Å²) in [4.78, 5) is 34.9. The fourth-order valence-electron chi connectivity index (χ4n) is 2.02. The quantitative estimate of drug-likeness (QED) is 0.741. The highest BCUT2D eigenvalue weighted by Gasteiger charge is 2.22. The normalized spacial score (nSPS) is 11.7. The van der Waals surface area contributed by atoms with E-state index in [0.29, 0.717) is 12.5 Å². The van der Waals surface area contributed by atoms with Crippen molar-refractivity contribution in [2.24, 2.45) is 0 Å². The molecule has 0 saturated carbocycles. The Kier molecular flexibility index (Phi) is 7.31. The predicted molar refractivity (Wildman–Crippen MR) is 78.5 cm³/mol. The van der Waals surface area contributed by atoms with Crippen molar-refractivity contribution in [3.63, 3.8) is 0 Å². The minimum absolute atomic E-state index is 0.0413. The van der Waals surface area contributed by atoms with Crippen LogP contribution in [0.15, 0.2) is 18.2 Å². The van der Waals surface area contributed by atoms with Crippen LogP contribution in [-0.2, 0) is 25.5 Å². The first kappa shape index (κ1) is 18.7. The lowest BCUT2D eigenvalue weighted by molar-refractivity contribution is -0.145. The Bertz CT molecular complexity index is 569. The molecular formula is C16H19F2NO4. The molecule has 0 aromatic heterocycles. The molecule has 1 rings (SSSR count). The number of halogens is 2. The fourth-order valence-corrected chi connectivity index (χ4v) is 2.02. The lowest BCUT2D eigenvalue weighted by Crippen LogP contribution is -2.42. The highest BCUT2D eigenvalue weighted by Crippen LogP contribution is 2.09. The highest BCUT2D eigenvalue weighted by atomic mass is 19.1. The Morgan fingerprint density at radius 1 is 1.17 bits per heavy atom. The average Bonchev–Trinajstić information content (AvgIpc) is 2.49. The second-order valence-electron chi connectivity index (χ2n) is 5.03. The maximum atomic E-state index is 13.1. The summed E-state index contributed by atoms with van der Waals surface area (Å²) in [5.74, 6) is -2.88. The molecule has 0 aliphatic carbocycles. The van der Waals surface area contributed by atoms with Crippen LogP contribution in [0.3, 0.4) is 0 Å². The molecule has 1 aromatic carbocycles. The number of methoxy groups -OCH3 is 1. The van der Waals surface area contributed by atoms with Crippen molar-refractivity contribution in [2.45, 2.75) is 38.6 Å². The molecule has 0 saturated heterocycles. The molecule has 0 bridgehead atoms. The van der Waals surface area contributed by atoms with Gasteiger partial charge in [-0.3, -0.25) is 9.59 Å².